The van der Waals surface area contributed by atoms with E-state index >= 15 is 0 Å². The predicted octanol–water partition coefficient (Wildman–Crippen LogP) is 2.40. The number of nitrogens with zero attached hydrogens (tertiary/aromatic N) is 3. The summed E-state index contributed by atoms with van der Waals surface area (Å²) >= 11 is 0. The summed E-state index contributed by atoms with van der Waals surface area (Å²) in [4.78, 5) is 32.3. The van der Waals surface area contributed by atoms with Gasteiger partial charge in [0.15, 0.2) is 0 Å². The molecule has 23 heavy (non-hydrogen) atoms. The Labute approximate surface area is 136 Å². The second kappa shape index (κ2) is 6.56. The van der Waals surface area contributed by atoms with Crippen LogP contribution in [-0.4, -0.2) is 51.9 Å². The predicted molar refractivity (Wildman–Crippen MR) is 88.1 cm³/mol. The summed E-state index contributed by atoms with van der Waals surface area (Å²) in [5.41, 5.74) is 1.06. The number of urea groups is 1. The van der Waals surface area contributed by atoms with Crippen molar-refractivity contribution in [2.24, 2.45) is 0 Å². The molecule has 1 atom stereocenters. The van der Waals surface area contributed by atoms with Crippen molar-refractivity contribution in [3.8, 4) is 0 Å². The molecule has 2 fully saturated rings. The van der Waals surface area contributed by atoms with Crippen molar-refractivity contribution in [1.82, 2.24) is 14.8 Å². The summed E-state index contributed by atoms with van der Waals surface area (Å²) in [5, 5.41) is 2.87. The fourth-order valence-electron chi connectivity index (χ4n) is 3.23. The number of anilines is 1. The molecule has 0 radical (unpaired) electrons. The number of carbonyl (C=O) groups excluding carboxylic acids is 2. The molecule has 124 valence electrons. The third-order valence-electron chi connectivity index (χ3n) is 4.59. The summed E-state index contributed by atoms with van der Waals surface area (Å²) in [6.07, 6.45) is 5.80. The number of carbonyl (C=O) groups is 2. The topological polar surface area (TPSA) is 65.5 Å². The number of amides is 3. The largest absolute Gasteiger partial charge is 0.338 e. The zero-order chi connectivity index (χ0) is 16.4. The van der Waals surface area contributed by atoms with Crippen molar-refractivity contribution >= 4 is 17.8 Å². The van der Waals surface area contributed by atoms with E-state index in [0.717, 1.165) is 37.8 Å². The van der Waals surface area contributed by atoms with Crippen LogP contribution < -0.4 is 5.32 Å². The molecule has 1 saturated carbocycles. The van der Waals surface area contributed by atoms with Crippen molar-refractivity contribution < 1.29 is 9.59 Å². The molecule has 6 nitrogen and oxygen atoms in total. The number of nitrogens with one attached hydrogen (secondary N) is 1. The van der Waals surface area contributed by atoms with Crippen LogP contribution in [0, 0.1) is 6.92 Å². The van der Waals surface area contributed by atoms with Crippen LogP contribution in [0.3, 0.4) is 0 Å². The Bertz CT molecular complexity index is 600. The van der Waals surface area contributed by atoms with E-state index in [-0.39, 0.29) is 18.0 Å². The molecule has 0 aromatic carbocycles. The van der Waals surface area contributed by atoms with Crippen LogP contribution >= 0.6 is 0 Å². The SMILES string of the molecule is CC(=O)N(C[C@H]1CCCN1C(=O)Nc1cc(C)ccn1)C1CC1. The first-order chi connectivity index (χ1) is 11.0. The molecule has 1 aromatic heterocycles. The zero-order valence-electron chi connectivity index (χ0n) is 13.8. The Morgan fingerprint density at radius 3 is 2.83 bits per heavy atom. The third kappa shape index (κ3) is 3.81. The van der Waals surface area contributed by atoms with Crippen molar-refractivity contribution in [3.05, 3.63) is 23.9 Å². The van der Waals surface area contributed by atoms with Gasteiger partial charge in [0.25, 0.3) is 0 Å². The molecule has 3 rings (SSSR count). The van der Waals surface area contributed by atoms with Crippen LogP contribution in [-0.2, 0) is 4.79 Å². The molecule has 0 bridgehead atoms. The van der Waals surface area contributed by atoms with Gasteiger partial charge in [0.2, 0.25) is 5.91 Å². The number of aromatic nitrogens is 1. The molecule has 0 unspecified atom stereocenters. The lowest BCUT2D eigenvalue weighted by atomic mass is 10.2. The molecule has 0 spiro atoms. The number of aryl methyl sites for hydroxylation is 1. The first-order valence-corrected chi connectivity index (χ1v) is 8.32. The fourth-order valence-corrected chi connectivity index (χ4v) is 3.23. The van der Waals surface area contributed by atoms with E-state index in [0.29, 0.717) is 18.4 Å². The highest BCUT2D eigenvalue weighted by Crippen LogP contribution is 2.29. The second-order valence-corrected chi connectivity index (χ2v) is 6.54. The van der Waals surface area contributed by atoms with Gasteiger partial charge in [0.1, 0.15) is 5.82 Å². The highest BCUT2D eigenvalue weighted by molar-refractivity contribution is 5.88. The second-order valence-electron chi connectivity index (χ2n) is 6.54. The lowest BCUT2D eigenvalue weighted by molar-refractivity contribution is -0.130. The molecular formula is C17H24N4O2. The Morgan fingerprint density at radius 2 is 2.17 bits per heavy atom. The van der Waals surface area contributed by atoms with Gasteiger partial charge >= 0.3 is 6.03 Å². The molecule has 2 heterocycles. The summed E-state index contributed by atoms with van der Waals surface area (Å²) in [6, 6.07) is 4.12. The average Bonchev–Trinajstić information content (AvgIpc) is 3.22. The first-order valence-electron chi connectivity index (χ1n) is 8.32. The van der Waals surface area contributed by atoms with Crippen molar-refractivity contribution in [2.75, 3.05) is 18.4 Å². The molecular weight excluding hydrogens is 292 g/mol. The van der Waals surface area contributed by atoms with Crippen LogP contribution in [0.1, 0.15) is 38.2 Å². The Hall–Kier alpha value is -2.11. The summed E-state index contributed by atoms with van der Waals surface area (Å²) in [7, 11) is 0. The van der Waals surface area contributed by atoms with E-state index in [2.05, 4.69) is 10.3 Å². The van der Waals surface area contributed by atoms with Gasteiger partial charge in [0, 0.05) is 32.3 Å². The average molecular weight is 316 g/mol. The van der Waals surface area contributed by atoms with E-state index in [1.165, 1.54) is 0 Å². The molecule has 2 aliphatic rings. The summed E-state index contributed by atoms with van der Waals surface area (Å²) < 4.78 is 0. The van der Waals surface area contributed by atoms with Crippen molar-refractivity contribution in [2.45, 2.75) is 51.6 Å². The molecule has 6 heteroatoms. The van der Waals surface area contributed by atoms with Gasteiger partial charge in [-0.2, -0.15) is 0 Å². The minimum absolute atomic E-state index is 0.101. The van der Waals surface area contributed by atoms with Gasteiger partial charge in [-0.3, -0.25) is 10.1 Å². The van der Waals surface area contributed by atoms with Gasteiger partial charge in [-0.15, -0.1) is 0 Å². The smallest absolute Gasteiger partial charge is 0.323 e. The maximum atomic E-state index is 12.5. The van der Waals surface area contributed by atoms with E-state index in [1.807, 2.05) is 28.9 Å². The monoisotopic (exact) mass is 316 g/mol. The van der Waals surface area contributed by atoms with Crippen LogP contribution in [0.15, 0.2) is 18.3 Å². The van der Waals surface area contributed by atoms with Crippen LogP contribution in [0.2, 0.25) is 0 Å². The third-order valence-corrected chi connectivity index (χ3v) is 4.59. The minimum Gasteiger partial charge on any atom is -0.338 e. The van der Waals surface area contributed by atoms with E-state index in [4.69, 9.17) is 0 Å². The van der Waals surface area contributed by atoms with Crippen LogP contribution in [0.4, 0.5) is 10.6 Å². The van der Waals surface area contributed by atoms with Crippen molar-refractivity contribution in [3.63, 3.8) is 0 Å². The molecule has 1 saturated heterocycles. The first kappa shape index (κ1) is 15.8. The van der Waals surface area contributed by atoms with Gasteiger partial charge < -0.3 is 9.80 Å². The summed E-state index contributed by atoms with van der Waals surface area (Å²) in [5.74, 6) is 0.686. The van der Waals surface area contributed by atoms with Gasteiger partial charge in [-0.1, -0.05) is 0 Å². The standard InChI is InChI=1S/C17H24N4O2/c1-12-7-8-18-16(10-12)19-17(23)20-9-3-4-15(20)11-21(13(2)22)14-5-6-14/h7-8,10,14-15H,3-6,9,11H2,1-2H3,(H,18,19,23)/t15-/m1/s1. The number of hydrogen-bond donors (Lipinski definition) is 1. The summed E-state index contributed by atoms with van der Waals surface area (Å²) in [6.45, 7) is 4.97. The molecule has 3 amide bonds. The number of hydrogen-bond acceptors (Lipinski definition) is 3. The Morgan fingerprint density at radius 1 is 1.39 bits per heavy atom. The highest BCUT2D eigenvalue weighted by Gasteiger charge is 2.36. The number of pyridine rings is 1. The lowest BCUT2D eigenvalue weighted by Crippen LogP contribution is -2.46. The Kier molecular flexibility index (Phi) is 4.50. The molecule has 1 N–H and O–H groups in total. The van der Waals surface area contributed by atoms with E-state index < -0.39 is 0 Å². The molecule has 1 aliphatic heterocycles. The van der Waals surface area contributed by atoms with E-state index in [9.17, 15) is 9.59 Å². The van der Waals surface area contributed by atoms with E-state index in [1.54, 1.807) is 13.1 Å². The fraction of sp³-hybridized carbons (Fsp3) is 0.588. The lowest BCUT2D eigenvalue weighted by Gasteiger charge is -2.30. The van der Waals surface area contributed by atoms with Crippen LogP contribution in [0.5, 0.6) is 0 Å². The minimum atomic E-state index is -0.120. The highest BCUT2D eigenvalue weighted by atomic mass is 16.2. The normalized spacial score (nSPS) is 20.4. The maximum Gasteiger partial charge on any atom is 0.323 e. The van der Waals surface area contributed by atoms with Gasteiger partial charge in [-0.25, -0.2) is 9.78 Å². The van der Waals surface area contributed by atoms with Crippen LogP contribution in [0.25, 0.3) is 0 Å². The Balaban J connectivity index is 1.63. The zero-order valence-corrected chi connectivity index (χ0v) is 13.8. The van der Waals surface area contributed by atoms with Crippen molar-refractivity contribution in [1.29, 1.82) is 0 Å². The number of rotatable bonds is 4. The molecule has 1 aliphatic carbocycles. The van der Waals surface area contributed by atoms with Gasteiger partial charge in [0.05, 0.1) is 6.04 Å². The quantitative estimate of drug-likeness (QED) is 0.927. The number of likely N-dealkylation sites (tertiary alicyclic amines) is 1. The van der Waals surface area contributed by atoms with Gasteiger partial charge in [-0.05, 0) is 50.3 Å². The molecule has 1 aromatic rings. The maximum absolute atomic E-state index is 12.5.